The predicted octanol–water partition coefficient (Wildman–Crippen LogP) is -0.788. The van der Waals surface area contributed by atoms with Crippen molar-refractivity contribution in [3.05, 3.63) is 0 Å². The first kappa shape index (κ1) is 18.7. The fourth-order valence-corrected chi connectivity index (χ4v) is 1.11. The van der Waals surface area contributed by atoms with Crippen LogP contribution in [0.15, 0.2) is 0 Å². The molecule has 0 aromatic carbocycles. The Labute approximate surface area is 113 Å². The van der Waals surface area contributed by atoms with E-state index in [0.29, 0.717) is 0 Å². The molecule has 19 heavy (non-hydrogen) atoms. The Morgan fingerprint density at radius 1 is 0.684 bits per heavy atom. The molecular formula is C12H26O7. The van der Waals surface area contributed by atoms with Crippen molar-refractivity contribution in [3.63, 3.8) is 0 Å². The first-order chi connectivity index (χ1) is 8.73. The summed E-state index contributed by atoms with van der Waals surface area (Å²) in [6, 6.07) is 0. The lowest BCUT2D eigenvalue weighted by molar-refractivity contribution is -0.274. The molecule has 0 aromatic rings. The van der Waals surface area contributed by atoms with Crippen molar-refractivity contribution in [2.75, 3.05) is 13.2 Å². The average molecular weight is 282 g/mol. The molecule has 0 saturated heterocycles. The van der Waals surface area contributed by atoms with Crippen LogP contribution in [0.2, 0.25) is 0 Å². The molecule has 4 N–H and O–H groups in total. The molecule has 7 heteroatoms. The third-order valence-electron chi connectivity index (χ3n) is 2.28. The number of ether oxygens (including phenoxy) is 3. The van der Waals surface area contributed by atoms with Crippen molar-refractivity contribution in [2.24, 2.45) is 0 Å². The van der Waals surface area contributed by atoms with Crippen LogP contribution < -0.4 is 0 Å². The van der Waals surface area contributed by atoms with Gasteiger partial charge in [-0.05, 0) is 27.7 Å². The molecule has 0 radical (unpaired) electrons. The van der Waals surface area contributed by atoms with E-state index in [2.05, 4.69) is 0 Å². The normalized spacial score (nSPS) is 21.5. The zero-order chi connectivity index (χ0) is 15.0. The highest BCUT2D eigenvalue weighted by Gasteiger charge is 2.24. The minimum atomic E-state index is -1.34. The second-order valence-corrected chi connectivity index (χ2v) is 4.69. The number of hydrogen-bond acceptors (Lipinski definition) is 7. The van der Waals surface area contributed by atoms with E-state index in [1.807, 2.05) is 0 Å². The Hall–Kier alpha value is -0.280. The highest BCUT2D eigenvalue weighted by atomic mass is 16.7. The van der Waals surface area contributed by atoms with Gasteiger partial charge >= 0.3 is 0 Å². The van der Waals surface area contributed by atoms with Crippen LogP contribution in [0.3, 0.4) is 0 Å². The molecule has 0 fully saturated rings. The maximum atomic E-state index is 9.63. The first-order valence-corrected chi connectivity index (χ1v) is 6.35. The van der Waals surface area contributed by atoms with Gasteiger partial charge < -0.3 is 34.6 Å². The van der Waals surface area contributed by atoms with Gasteiger partial charge in [0.25, 0.3) is 0 Å². The van der Waals surface area contributed by atoms with Crippen LogP contribution >= 0.6 is 0 Å². The topological polar surface area (TPSA) is 109 Å². The SMILES string of the molecule is CC(O)COC(C)C(O)OC(O)C(C)OCC(C)O. The summed E-state index contributed by atoms with van der Waals surface area (Å²) in [4.78, 5) is 0. The smallest absolute Gasteiger partial charge is 0.184 e. The number of hydrogen-bond donors (Lipinski definition) is 4. The van der Waals surface area contributed by atoms with E-state index in [-0.39, 0.29) is 13.2 Å². The molecule has 6 atom stereocenters. The summed E-state index contributed by atoms with van der Waals surface area (Å²) >= 11 is 0. The van der Waals surface area contributed by atoms with E-state index in [9.17, 15) is 10.2 Å². The van der Waals surface area contributed by atoms with Gasteiger partial charge in [0.1, 0.15) is 12.2 Å². The maximum Gasteiger partial charge on any atom is 0.184 e. The lowest BCUT2D eigenvalue weighted by Crippen LogP contribution is -2.39. The summed E-state index contributed by atoms with van der Waals surface area (Å²) < 4.78 is 15.2. The van der Waals surface area contributed by atoms with Crippen molar-refractivity contribution in [1.82, 2.24) is 0 Å². The van der Waals surface area contributed by atoms with Crippen molar-refractivity contribution in [1.29, 1.82) is 0 Å². The molecule has 0 bridgehead atoms. The quantitative estimate of drug-likeness (QED) is 0.389. The van der Waals surface area contributed by atoms with Gasteiger partial charge in [-0.2, -0.15) is 0 Å². The van der Waals surface area contributed by atoms with Gasteiger partial charge in [0.15, 0.2) is 12.6 Å². The minimum Gasteiger partial charge on any atom is -0.391 e. The Bertz CT molecular complexity index is 200. The molecule has 6 unspecified atom stereocenters. The van der Waals surface area contributed by atoms with Gasteiger partial charge in [-0.25, -0.2) is 0 Å². The zero-order valence-electron chi connectivity index (χ0n) is 11.9. The number of aliphatic hydroxyl groups excluding tert-OH is 4. The van der Waals surface area contributed by atoms with Crippen LogP contribution in [0.5, 0.6) is 0 Å². The van der Waals surface area contributed by atoms with Gasteiger partial charge in [-0.1, -0.05) is 0 Å². The molecule has 0 amide bonds. The average Bonchev–Trinajstić information content (AvgIpc) is 2.32. The molecule has 7 nitrogen and oxygen atoms in total. The van der Waals surface area contributed by atoms with Crippen molar-refractivity contribution >= 4 is 0 Å². The van der Waals surface area contributed by atoms with E-state index in [1.165, 1.54) is 0 Å². The first-order valence-electron chi connectivity index (χ1n) is 6.35. The summed E-state index contributed by atoms with van der Waals surface area (Å²) in [6.07, 6.45) is -5.38. The minimum absolute atomic E-state index is 0.0613. The highest BCUT2D eigenvalue weighted by molar-refractivity contribution is 4.60. The Morgan fingerprint density at radius 3 is 1.26 bits per heavy atom. The molecule has 0 spiro atoms. The molecule has 0 heterocycles. The molecule has 0 saturated carbocycles. The maximum absolute atomic E-state index is 9.63. The highest BCUT2D eigenvalue weighted by Crippen LogP contribution is 2.08. The van der Waals surface area contributed by atoms with E-state index in [0.717, 1.165) is 0 Å². The third kappa shape index (κ3) is 9.28. The van der Waals surface area contributed by atoms with Crippen molar-refractivity contribution in [3.8, 4) is 0 Å². The van der Waals surface area contributed by atoms with Crippen molar-refractivity contribution in [2.45, 2.75) is 64.7 Å². The second-order valence-electron chi connectivity index (χ2n) is 4.69. The van der Waals surface area contributed by atoms with Crippen molar-refractivity contribution < 1.29 is 34.6 Å². The largest absolute Gasteiger partial charge is 0.391 e. The third-order valence-corrected chi connectivity index (χ3v) is 2.28. The van der Waals surface area contributed by atoms with E-state index in [1.54, 1.807) is 27.7 Å². The Kier molecular flexibility index (Phi) is 9.46. The van der Waals surface area contributed by atoms with Gasteiger partial charge in [-0.3, -0.25) is 0 Å². The predicted molar refractivity (Wildman–Crippen MR) is 67.3 cm³/mol. The van der Waals surface area contributed by atoms with Gasteiger partial charge in [0, 0.05) is 0 Å². The summed E-state index contributed by atoms with van der Waals surface area (Å²) in [6.45, 7) is 6.35. The van der Waals surface area contributed by atoms with Crippen LogP contribution in [-0.4, -0.2) is 70.6 Å². The standard InChI is InChI=1S/C12H26O7/c1-7(13)5-17-9(3)11(15)19-12(16)10(4)18-6-8(2)14/h7-16H,5-6H2,1-4H3. The van der Waals surface area contributed by atoms with E-state index < -0.39 is 37.0 Å². The van der Waals surface area contributed by atoms with Gasteiger partial charge in [0.2, 0.25) is 0 Å². The summed E-state index contributed by atoms with van der Waals surface area (Å²) in [7, 11) is 0. The molecule has 0 aromatic heterocycles. The summed E-state index contributed by atoms with van der Waals surface area (Å²) in [5, 5.41) is 37.3. The van der Waals surface area contributed by atoms with E-state index in [4.69, 9.17) is 24.4 Å². The van der Waals surface area contributed by atoms with Crippen LogP contribution in [0.1, 0.15) is 27.7 Å². The van der Waals surface area contributed by atoms with Gasteiger partial charge in [0.05, 0.1) is 25.4 Å². The fourth-order valence-electron chi connectivity index (χ4n) is 1.11. The lowest BCUT2D eigenvalue weighted by atomic mass is 10.3. The van der Waals surface area contributed by atoms with Crippen LogP contribution in [0.25, 0.3) is 0 Å². The summed E-state index contributed by atoms with van der Waals surface area (Å²) in [5.74, 6) is 0. The monoisotopic (exact) mass is 282 g/mol. The lowest BCUT2D eigenvalue weighted by Gasteiger charge is -2.26. The number of rotatable bonds is 10. The molecular weight excluding hydrogens is 256 g/mol. The molecule has 0 aliphatic heterocycles. The molecule has 116 valence electrons. The van der Waals surface area contributed by atoms with Crippen LogP contribution in [0.4, 0.5) is 0 Å². The molecule has 0 rings (SSSR count). The Balaban J connectivity index is 3.98. The van der Waals surface area contributed by atoms with E-state index >= 15 is 0 Å². The summed E-state index contributed by atoms with van der Waals surface area (Å²) in [5.41, 5.74) is 0. The van der Waals surface area contributed by atoms with Crippen LogP contribution in [-0.2, 0) is 14.2 Å². The van der Waals surface area contributed by atoms with Gasteiger partial charge in [-0.15, -0.1) is 0 Å². The zero-order valence-corrected chi connectivity index (χ0v) is 11.9. The fraction of sp³-hybridized carbons (Fsp3) is 1.00. The molecule has 0 aliphatic carbocycles. The second kappa shape index (κ2) is 9.60. The molecule has 0 aliphatic rings. The number of aliphatic hydroxyl groups is 4. The Morgan fingerprint density at radius 2 is 1.00 bits per heavy atom. The van der Waals surface area contributed by atoms with Crippen LogP contribution in [0, 0.1) is 0 Å².